The van der Waals surface area contributed by atoms with Gasteiger partial charge in [-0.05, 0) is 29.6 Å². The largest absolute Gasteiger partial charge is 0.416 e. The van der Waals surface area contributed by atoms with E-state index in [0.717, 1.165) is 22.3 Å². The number of thiophene rings is 1. The Bertz CT molecular complexity index is 1080. The lowest BCUT2D eigenvalue weighted by molar-refractivity contribution is -0.137. The molecule has 0 radical (unpaired) electrons. The van der Waals surface area contributed by atoms with Crippen LogP contribution in [0.3, 0.4) is 0 Å². The van der Waals surface area contributed by atoms with Gasteiger partial charge >= 0.3 is 6.18 Å². The van der Waals surface area contributed by atoms with Crippen LogP contribution in [0.2, 0.25) is 0 Å². The van der Waals surface area contributed by atoms with E-state index in [4.69, 9.17) is 0 Å². The van der Waals surface area contributed by atoms with Crippen LogP contribution < -0.4 is 10.2 Å². The molecule has 11 heteroatoms. The maximum atomic E-state index is 12.9. The fourth-order valence-corrected chi connectivity index (χ4v) is 4.43. The van der Waals surface area contributed by atoms with E-state index in [0.29, 0.717) is 5.03 Å². The van der Waals surface area contributed by atoms with Crippen LogP contribution in [0.15, 0.2) is 41.0 Å². The summed E-state index contributed by atoms with van der Waals surface area (Å²) >= 11 is 2.65. The molecule has 0 fully saturated rings. The second kappa shape index (κ2) is 7.06. The number of amides is 2. The minimum absolute atomic E-state index is 0.0182. The van der Waals surface area contributed by atoms with Gasteiger partial charge in [0.2, 0.25) is 11.8 Å². The zero-order valence-electron chi connectivity index (χ0n) is 14.0. The first-order valence-electron chi connectivity index (χ1n) is 7.95. The number of alkyl halides is 3. The molecule has 1 N–H and O–H groups in total. The molecule has 144 valence electrons. The van der Waals surface area contributed by atoms with Gasteiger partial charge < -0.3 is 10.2 Å². The number of nitrogens with one attached hydrogen (secondary N) is 1. The lowest BCUT2D eigenvalue weighted by atomic mass is 10.1. The maximum Gasteiger partial charge on any atom is 0.416 e. The van der Waals surface area contributed by atoms with Gasteiger partial charge in [0.1, 0.15) is 22.7 Å². The van der Waals surface area contributed by atoms with Gasteiger partial charge in [-0.2, -0.15) is 13.2 Å². The third-order valence-electron chi connectivity index (χ3n) is 4.05. The monoisotopic (exact) mass is 424 g/mol. The standard InChI is InChI=1S/C17H11F3N4O2S2/c18-17(19,20)9-1-2-12-11(5-9)23-13(25)6-24(12)14(26)7-28-16-10-3-4-27-15(10)21-8-22-16/h1-5,8H,6-7H2,(H,23,25). The topological polar surface area (TPSA) is 75.2 Å². The van der Waals surface area contributed by atoms with E-state index in [1.54, 1.807) is 0 Å². The highest BCUT2D eigenvalue weighted by atomic mass is 32.2. The summed E-state index contributed by atoms with van der Waals surface area (Å²) in [5, 5.41) is 5.73. The first-order valence-corrected chi connectivity index (χ1v) is 9.82. The molecule has 2 aromatic heterocycles. The number of hydrogen-bond donors (Lipinski definition) is 1. The van der Waals surface area contributed by atoms with Gasteiger partial charge in [0, 0.05) is 5.39 Å². The van der Waals surface area contributed by atoms with Crippen molar-refractivity contribution in [3.8, 4) is 0 Å². The van der Waals surface area contributed by atoms with Crippen LogP contribution in [0.25, 0.3) is 10.2 Å². The summed E-state index contributed by atoms with van der Waals surface area (Å²) in [6, 6.07) is 4.78. The zero-order chi connectivity index (χ0) is 19.9. The molecule has 0 bridgehead atoms. The highest BCUT2D eigenvalue weighted by molar-refractivity contribution is 8.00. The minimum Gasteiger partial charge on any atom is -0.323 e. The van der Waals surface area contributed by atoms with Crippen molar-refractivity contribution in [1.29, 1.82) is 0 Å². The van der Waals surface area contributed by atoms with Crippen molar-refractivity contribution >= 4 is 56.5 Å². The first kappa shape index (κ1) is 18.7. The summed E-state index contributed by atoms with van der Waals surface area (Å²) in [4.78, 5) is 34.9. The Morgan fingerprint density at radius 1 is 1.29 bits per heavy atom. The Morgan fingerprint density at radius 2 is 2.11 bits per heavy atom. The van der Waals surface area contributed by atoms with Gasteiger partial charge in [0.15, 0.2) is 0 Å². The molecule has 0 spiro atoms. The molecule has 6 nitrogen and oxygen atoms in total. The average molecular weight is 424 g/mol. The number of anilines is 2. The summed E-state index contributed by atoms with van der Waals surface area (Å²) < 4.78 is 38.7. The molecular weight excluding hydrogens is 413 g/mol. The van der Waals surface area contributed by atoms with E-state index in [1.807, 2.05) is 11.4 Å². The molecule has 1 aromatic carbocycles. The van der Waals surface area contributed by atoms with Gasteiger partial charge in [0.25, 0.3) is 0 Å². The second-order valence-corrected chi connectivity index (χ2v) is 7.72. The SMILES string of the molecule is O=C1CN(C(=O)CSc2ncnc3sccc23)c2ccc(C(F)(F)F)cc2N1. The minimum atomic E-state index is -4.54. The predicted octanol–water partition coefficient (Wildman–Crippen LogP) is 3.79. The number of hydrogen-bond acceptors (Lipinski definition) is 6. The number of halogens is 3. The fraction of sp³-hybridized carbons (Fsp3) is 0.176. The molecule has 0 unspecified atom stereocenters. The normalized spacial score (nSPS) is 14.1. The number of fused-ring (bicyclic) bond motifs is 2. The molecule has 0 saturated heterocycles. The van der Waals surface area contributed by atoms with E-state index in [1.165, 1.54) is 40.4 Å². The van der Waals surface area contributed by atoms with Gasteiger partial charge in [-0.3, -0.25) is 9.59 Å². The number of nitrogens with zero attached hydrogens (tertiary/aromatic N) is 3. The van der Waals surface area contributed by atoms with Crippen LogP contribution >= 0.6 is 23.1 Å². The summed E-state index contributed by atoms with van der Waals surface area (Å²) in [5.74, 6) is -0.967. The van der Waals surface area contributed by atoms with Crippen molar-refractivity contribution in [3.05, 3.63) is 41.5 Å². The number of carbonyl (C=O) groups is 2. The van der Waals surface area contributed by atoms with Gasteiger partial charge in [-0.25, -0.2) is 9.97 Å². The molecule has 3 heterocycles. The number of thioether (sulfide) groups is 1. The van der Waals surface area contributed by atoms with Gasteiger partial charge in [-0.1, -0.05) is 11.8 Å². The van der Waals surface area contributed by atoms with E-state index in [9.17, 15) is 22.8 Å². The highest BCUT2D eigenvalue weighted by Gasteiger charge is 2.34. The third kappa shape index (κ3) is 3.54. The lowest BCUT2D eigenvalue weighted by Gasteiger charge is -2.29. The fourth-order valence-electron chi connectivity index (χ4n) is 2.78. The Kier molecular flexibility index (Phi) is 4.71. The van der Waals surface area contributed by atoms with Crippen LogP contribution in [0, 0.1) is 0 Å². The third-order valence-corrected chi connectivity index (χ3v) is 5.86. The van der Waals surface area contributed by atoms with E-state index >= 15 is 0 Å². The summed E-state index contributed by atoms with van der Waals surface area (Å²) in [7, 11) is 0. The van der Waals surface area contributed by atoms with Crippen LogP contribution in [-0.4, -0.2) is 34.1 Å². The zero-order valence-corrected chi connectivity index (χ0v) is 15.6. The van der Waals surface area contributed by atoms with Gasteiger partial charge in [-0.15, -0.1) is 11.3 Å². The quantitative estimate of drug-likeness (QED) is 0.512. The molecular formula is C17H11F3N4O2S2. The number of aromatic nitrogens is 2. The molecule has 4 rings (SSSR count). The van der Waals surface area contributed by atoms with Crippen LogP contribution in [0.4, 0.5) is 24.5 Å². The average Bonchev–Trinajstić information content (AvgIpc) is 3.13. The maximum absolute atomic E-state index is 12.9. The number of rotatable bonds is 3. The van der Waals surface area contributed by atoms with Crippen molar-refractivity contribution in [2.24, 2.45) is 0 Å². The number of carbonyl (C=O) groups excluding carboxylic acids is 2. The molecule has 0 atom stereocenters. The first-order chi connectivity index (χ1) is 13.3. The van der Waals surface area contributed by atoms with Crippen molar-refractivity contribution in [2.75, 3.05) is 22.5 Å². The van der Waals surface area contributed by atoms with Gasteiger partial charge in [0.05, 0.1) is 22.7 Å². The summed E-state index contributed by atoms with van der Waals surface area (Å²) in [5.41, 5.74) is -0.690. The van der Waals surface area contributed by atoms with E-state index < -0.39 is 23.6 Å². The molecule has 1 aliphatic heterocycles. The Morgan fingerprint density at radius 3 is 2.89 bits per heavy atom. The molecule has 3 aromatic rings. The highest BCUT2D eigenvalue weighted by Crippen LogP contribution is 2.37. The molecule has 28 heavy (non-hydrogen) atoms. The van der Waals surface area contributed by atoms with Crippen molar-refractivity contribution in [3.63, 3.8) is 0 Å². The van der Waals surface area contributed by atoms with Crippen molar-refractivity contribution < 1.29 is 22.8 Å². The molecule has 1 aliphatic rings. The molecule has 0 aliphatic carbocycles. The van der Waals surface area contributed by atoms with Crippen LogP contribution in [-0.2, 0) is 15.8 Å². The summed E-state index contributed by atoms with van der Waals surface area (Å²) in [6.45, 7) is -0.255. The van der Waals surface area contributed by atoms with Crippen molar-refractivity contribution in [2.45, 2.75) is 11.2 Å². The van der Waals surface area contributed by atoms with Crippen molar-refractivity contribution in [1.82, 2.24) is 9.97 Å². The smallest absolute Gasteiger partial charge is 0.323 e. The van der Waals surface area contributed by atoms with E-state index in [2.05, 4.69) is 15.3 Å². The van der Waals surface area contributed by atoms with Crippen LogP contribution in [0.5, 0.6) is 0 Å². The summed E-state index contributed by atoms with van der Waals surface area (Å²) in [6.07, 6.45) is -3.13. The van der Waals surface area contributed by atoms with Crippen LogP contribution in [0.1, 0.15) is 5.56 Å². The molecule has 2 amide bonds. The Labute approximate surface area is 164 Å². The van der Waals surface area contributed by atoms with E-state index in [-0.39, 0.29) is 23.7 Å². The molecule has 0 saturated carbocycles. The number of benzene rings is 1. The Balaban J connectivity index is 1.57. The lowest BCUT2D eigenvalue weighted by Crippen LogP contribution is -2.43. The predicted molar refractivity (Wildman–Crippen MR) is 101 cm³/mol. The Hall–Kier alpha value is -2.66. The second-order valence-electron chi connectivity index (χ2n) is 5.86.